The average molecular weight is 1070 g/mol. The van der Waals surface area contributed by atoms with Crippen molar-refractivity contribution >= 4 is 19.7 Å². The first kappa shape index (κ1) is 72.2. The number of phosphoric ester groups is 1. The van der Waals surface area contributed by atoms with Gasteiger partial charge in [0.25, 0.3) is 7.82 Å². The Balaban J connectivity index is 5.07. The van der Waals surface area contributed by atoms with Crippen LogP contribution < -0.4 is 10.2 Å². The smallest absolute Gasteiger partial charge is 0.306 e. The lowest BCUT2D eigenvalue weighted by Gasteiger charge is -2.30. The maximum absolute atomic E-state index is 13.5. The average Bonchev–Trinajstić information content (AvgIpc) is 3.37. The summed E-state index contributed by atoms with van der Waals surface area (Å²) in [5, 5.41) is 3.02. The zero-order chi connectivity index (χ0) is 55.0. The van der Waals surface area contributed by atoms with Crippen LogP contribution in [0.4, 0.5) is 0 Å². The molecule has 3 unspecified atom stereocenters. The summed E-state index contributed by atoms with van der Waals surface area (Å²) < 4.78 is 30.2. The summed E-state index contributed by atoms with van der Waals surface area (Å²) in [5.74, 6) is -0.551. The third-order valence-corrected chi connectivity index (χ3v) is 14.3. The first-order valence-corrected chi connectivity index (χ1v) is 32.4. The molecule has 0 aromatic rings. The van der Waals surface area contributed by atoms with E-state index in [1.165, 1.54) is 122 Å². The van der Waals surface area contributed by atoms with E-state index in [1.54, 1.807) is 0 Å². The van der Waals surface area contributed by atoms with Gasteiger partial charge in [0.05, 0.1) is 33.8 Å². The Morgan fingerprint density at radius 1 is 0.480 bits per heavy atom. The molecular formula is C65H117N2O7P. The largest absolute Gasteiger partial charge is 0.756 e. The minimum atomic E-state index is -4.70. The predicted molar refractivity (Wildman–Crippen MR) is 321 cm³/mol. The van der Waals surface area contributed by atoms with Crippen LogP contribution in [0.2, 0.25) is 0 Å². The van der Waals surface area contributed by atoms with Gasteiger partial charge in [0.1, 0.15) is 19.3 Å². The molecule has 0 saturated heterocycles. The van der Waals surface area contributed by atoms with E-state index in [1.807, 2.05) is 33.3 Å². The fourth-order valence-electron chi connectivity index (χ4n) is 8.58. The second-order valence-electron chi connectivity index (χ2n) is 21.8. The molecule has 0 bridgehead atoms. The molecule has 3 atom stereocenters. The van der Waals surface area contributed by atoms with E-state index < -0.39 is 26.6 Å². The molecule has 1 N–H and O–H groups in total. The molecular weight excluding hydrogens is 952 g/mol. The second kappa shape index (κ2) is 54.5. The highest BCUT2D eigenvalue weighted by atomic mass is 31.2. The standard InChI is InChI=1S/C65H117N2O7P/c1-7-10-13-16-19-22-25-26-27-28-29-30-31-32-33-34-35-36-37-38-39-40-43-46-49-52-55-58-65(69)74-63(56-53-50-47-44-41-23-20-17-14-11-8-2)62(61-73-75(70,71)72-60-59-67(4,5)6)66-64(68)57-54-51-48-45-42-24-21-18-15-12-9-3/h10,13,19,22,26-27,29-30,32-33,35-36,53,56,62-63H,7-9,11-12,14-18,20-21,23-25,28,31,34,37-52,54-55,57-61H2,1-6H3,(H-,66,68,70,71)/b13-10-,22-19-,27-26-,30-29-,33-32-,36-35-,56-53-. The SMILES string of the molecule is CC/C=C\C/C=C\C/C=C\C/C=C\C/C=C\C/C=C\CCCCCCCCCCC(=O)OC(/C=C\CCCCCCCCCCC)C(COP(=O)([O-])OCC[N+](C)(C)C)NC(=O)CCCCCCCCCCCCC. The van der Waals surface area contributed by atoms with Crippen molar-refractivity contribution in [2.24, 2.45) is 0 Å². The van der Waals surface area contributed by atoms with Crippen molar-refractivity contribution in [1.82, 2.24) is 5.32 Å². The van der Waals surface area contributed by atoms with Gasteiger partial charge in [0.2, 0.25) is 5.91 Å². The Morgan fingerprint density at radius 2 is 0.853 bits per heavy atom. The third kappa shape index (κ3) is 55.7. The first-order chi connectivity index (χ1) is 36.4. The van der Waals surface area contributed by atoms with Crippen LogP contribution in [0.3, 0.4) is 0 Å². The van der Waals surface area contributed by atoms with Crippen LogP contribution in [0.5, 0.6) is 0 Å². The Morgan fingerprint density at radius 3 is 1.28 bits per heavy atom. The van der Waals surface area contributed by atoms with Crippen molar-refractivity contribution in [3.63, 3.8) is 0 Å². The minimum absolute atomic E-state index is 0.0255. The molecule has 0 spiro atoms. The van der Waals surface area contributed by atoms with Gasteiger partial charge in [-0.25, -0.2) is 0 Å². The van der Waals surface area contributed by atoms with Crippen LogP contribution in [0.15, 0.2) is 85.1 Å². The van der Waals surface area contributed by atoms with Crippen molar-refractivity contribution < 1.29 is 37.3 Å². The molecule has 0 aliphatic rings. The van der Waals surface area contributed by atoms with Crippen LogP contribution in [0.1, 0.15) is 265 Å². The fourth-order valence-corrected chi connectivity index (χ4v) is 9.31. The van der Waals surface area contributed by atoms with Gasteiger partial charge in [-0.05, 0) is 83.1 Å². The quantitative estimate of drug-likeness (QED) is 0.0212. The second-order valence-corrected chi connectivity index (χ2v) is 23.2. The van der Waals surface area contributed by atoms with E-state index in [-0.39, 0.29) is 24.9 Å². The number of ether oxygens (including phenoxy) is 1. The summed E-state index contributed by atoms with van der Waals surface area (Å²) >= 11 is 0. The lowest BCUT2D eigenvalue weighted by molar-refractivity contribution is -0.870. The van der Waals surface area contributed by atoms with Crippen LogP contribution in [0, 0.1) is 0 Å². The molecule has 0 aromatic carbocycles. The molecule has 9 nitrogen and oxygen atoms in total. The highest BCUT2D eigenvalue weighted by molar-refractivity contribution is 7.45. The van der Waals surface area contributed by atoms with Gasteiger partial charge in [-0.1, -0.05) is 254 Å². The third-order valence-electron chi connectivity index (χ3n) is 13.3. The number of hydrogen-bond acceptors (Lipinski definition) is 7. The van der Waals surface area contributed by atoms with E-state index in [4.69, 9.17) is 13.8 Å². The number of nitrogens with zero attached hydrogens (tertiary/aromatic N) is 1. The number of nitrogens with one attached hydrogen (secondary N) is 1. The molecule has 0 fully saturated rings. The summed E-state index contributed by atoms with van der Waals surface area (Å²) in [5.41, 5.74) is 0. The van der Waals surface area contributed by atoms with E-state index in [2.05, 4.69) is 99.0 Å². The summed E-state index contributed by atoms with van der Waals surface area (Å²) in [6.45, 7) is 6.71. The molecule has 434 valence electrons. The maximum Gasteiger partial charge on any atom is 0.306 e. The first-order valence-electron chi connectivity index (χ1n) is 30.9. The molecule has 0 heterocycles. The summed E-state index contributed by atoms with van der Waals surface area (Å²) in [6, 6.07) is -0.891. The number of rotatable bonds is 55. The highest BCUT2D eigenvalue weighted by Crippen LogP contribution is 2.38. The Bertz CT molecular complexity index is 1560. The number of phosphoric acid groups is 1. The molecule has 0 aliphatic heterocycles. The Labute approximate surface area is 463 Å². The van der Waals surface area contributed by atoms with Gasteiger partial charge in [-0.15, -0.1) is 0 Å². The molecule has 0 aromatic heterocycles. The molecule has 0 rings (SSSR count). The number of amides is 1. The van der Waals surface area contributed by atoms with Crippen molar-refractivity contribution in [2.75, 3.05) is 40.9 Å². The van der Waals surface area contributed by atoms with Gasteiger partial charge in [-0.2, -0.15) is 0 Å². The highest BCUT2D eigenvalue weighted by Gasteiger charge is 2.27. The van der Waals surface area contributed by atoms with Crippen LogP contribution in [-0.2, 0) is 27.9 Å². The van der Waals surface area contributed by atoms with Crippen molar-refractivity contribution in [2.45, 2.75) is 277 Å². The molecule has 75 heavy (non-hydrogen) atoms. The van der Waals surface area contributed by atoms with Gasteiger partial charge >= 0.3 is 5.97 Å². The normalized spacial score (nSPS) is 14.3. The Hall–Kier alpha value is -2.81. The van der Waals surface area contributed by atoms with Crippen molar-refractivity contribution in [3.8, 4) is 0 Å². The minimum Gasteiger partial charge on any atom is -0.756 e. The van der Waals surface area contributed by atoms with Gasteiger partial charge in [0, 0.05) is 12.8 Å². The number of allylic oxidation sites excluding steroid dienone is 13. The number of hydrogen-bond donors (Lipinski definition) is 1. The van der Waals surface area contributed by atoms with Gasteiger partial charge in [-0.3, -0.25) is 14.2 Å². The lowest BCUT2D eigenvalue weighted by Crippen LogP contribution is -2.47. The van der Waals surface area contributed by atoms with Crippen LogP contribution in [-0.4, -0.2) is 69.4 Å². The summed E-state index contributed by atoms with van der Waals surface area (Å²) in [4.78, 5) is 39.9. The summed E-state index contributed by atoms with van der Waals surface area (Å²) in [6.07, 6.45) is 71.3. The van der Waals surface area contributed by atoms with E-state index in [0.717, 1.165) is 109 Å². The van der Waals surface area contributed by atoms with Crippen LogP contribution >= 0.6 is 7.82 Å². The topological polar surface area (TPSA) is 114 Å². The van der Waals surface area contributed by atoms with Crippen molar-refractivity contribution in [3.05, 3.63) is 85.1 Å². The van der Waals surface area contributed by atoms with Gasteiger partial charge < -0.3 is 28.5 Å². The maximum atomic E-state index is 13.5. The number of esters is 1. The van der Waals surface area contributed by atoms with E-state index in [9.17, 15) is 19.0 Å². The number of unbranched alkanes of at least 4 members (excludes halogenated alkanes) is 27. The number of quaternary nitrogens is 1. The van der Waals surface area contributed by atoms with E-state index >= 15 is 0 Å². The van der Waals surface area contributed by atoms with E-state index in [0.29, 0.717) is 17.4 Å². The lowest BCUT2D eigenvalue weighted by atomic mass is 10.0. The molecule has 10 heteroatoms. The number of carbonyl (C=O) groups is 2. The number of likely N-dealkylation sites (N-methyl/N-ethyl adjacent to an activating group) is 1. The van der Waals surface area contributed by atoms with Crippen molar-refractivity contribution in [1.29, 1.82) is 0 Å². The number of carbonyl (C=O) groups excluding carboxylic acids is 2. The van der Waals surface area contributed by atoms with Crippen LogP contribution in [0.25, 0.3) is 0 Å². The molecule has 1 amide bonds. The summed E-state index contributed by atoms with van der Waals surface area (Å²) in [7, 11) is 1.18. The Kier molecular flexibility index (Phi) is 52.5. The fraction of sp³-hybridized carbons (Fsp3) is 0.754. The monoisotopic (exact) mass is 1070 g/mol. The molecule has 0 aliphatic carbocycles. The zero-order valence-electron chi connectivity index (χ0n) is 49.5. The molecule has 0 radical (unpaired) electrons. The van der Waals surface area contributed by atoms with Gasteiger partial charge in [0.15, 0.2) is 0 Å². The zero-order valence-corrected chi connectivity index (χ0v) is 50.4. The predicted octanol–water partition coefficient (Wildman–Crippen LogP) is 18.4. The molecule has 0 saturated carbocycles.